The van der Waals surface area contributed by atoms with Crippen LogP contribution in [-0.2, 0) is 0 Å². The zero-order chi connectivity index (χ0) is 20.5. The van der Waals surface area contributed by atoms with Gasteiger partial charge in [-0.3, -0.25) is 10.1 Å². The monoisotopic (exact) mass is 534 g/mol. The first-order valence-electron chi connectivity index (χ1n) is 8.59. The average molecular weight is 534 g/mol. The summed E-state index contributed by atoms with van der Waals surface area (Å²) in [5.74, 6) is 0.517. The molecule has 2 aromatic carbocycles. The van der Waals surface area contributed by atoms with Gasteiger partial charge in [-0.05, 0) is 84.6 Å². The van der Waals surface area contributed by atoms with Crippen LogP contribution in [-0.4, -0.2) is 30.8 Å². The van der Waals surface area contributed by atoms with E-state index in [2.05, 4.69) is 48.5 Å². The van der Waals surface area contributed by atoms with Crippen molar-refractivity contribution in [3.63, 3.8) is 0 Å². The van der Waals surface area contributed by atoms with Gasteiger partial charge in [-0.1, -0.05) is 23.5 Å². The van der Waals surface area contributed by atoms with E-state index in [9.17, 15) is 4.79 Å². The van der Waals surface area contributed by atoms with Gasteiger partial charge in [-0.25, -0.2) is 0 Å². The third kappa shape index (κ3) is 4.14. The molecule has 2 N–H and O–H groups in total. The van der Waals surface area contributed by atoms with E-state index in [0.717, 1.165) is 36.2 Å². The highest BCUT2D eigenvalue weighted by atomic mass is 127. The predicted molar refractivity (Wildman–Crippen MR) is 126 cm³/mol. The lowest BCUT2D eigenvalue weighted by molar-refractivity contribution is 0.0977. The van der Waals surface area contributed by atoms with Gasteiger partial charge in [0.1, 0.15) is 5.01 Å². The number of carbonyl (C=O) groups is 1. The number of hydrogen-bond donors (Lipinski definition) is 2. The van der Waals surface area contributed by atoms with E-state index in [-0.39, 0.29) is 11.0 Å². The van der Waals surface area contributed by atoms with Crippen LogP contribution in [0.3, 0.4) is 0 Å². The first-order valence-corrected chi connectivity index (χ1v) is 10.9. The minimum absolute atomic E-state index is 0.239. The molecule has 0 aliphatic rings. The van der Waals surface area contributed by atoms with E-state index < -0.39 is 0 Å². The zero-order valence-electron chi connectivity index (χ0n) is 15.4. The number of amides is 1. The van der Waals surface area contributed by atoms with Gasteiger partial charge < -0.3 is 5.32 Å². The van der Waals surface area contributed by atoms with Gasteiger partial charge >= 0.3 is 0 Å². The van der Waals surface area contributed by atoms with Crippen LogP contribution >= 0.6 is 46.1 Å². The fourth-order valence-corrected chi connectivity index (χ4v) is 4.45. The zero-order valence-corrected chi connectivity index (χ0v) is 19.2. The summed E-state index contributed by atoms with van der Waals surface area (Å²) in [4.78, 5) is 13.2. The number of aromatic nitrogens is 4. The van der Waals surface area contributed by atoms with Crippen LogP contribution in [0.4, 0.5) is 5.69 Å². The Balaban J connectivity index is 1.48. The molecule has 0 aliphatic carbocycles. The van der Waals surface area contributed by atoms with Crippen LogP contribution < -0.4 is 10.6 Å². The summed E-state index contributed by atoms with van der Waals surface area (Å²) in [6.07, 6.45) is 0. The minimum atomic E-state index is -0.239. The number of benzene rings is 2. The number of fused-ring (bicyclic) bond motifs is 1. The molecule has 0 saturated carbocycles. The second-order valence-corrected chi connectivity index (χ2v) is 8.79. The van der Waals surface area contributed by atoms with Crippen molar-refractivity contribution in [2.75, 3.05) is 5.32 Å². The minimum Gasteiger partial charge on any atom is -0.332 e. The number of anilines is 1. The molecule has 0 spiro atoms. The van der Waals surface area contributed by atoms with E-state index >= 15 is 0 Å². The summed E-state index contributed by atoms with van der Waals surface area (Å²) in [5.41, 5.74) is 3.37. The van der Waals surface area contributed by atoms with Crippen LogP contribution in [0.5, 0.6) is 0 Å². The highest BCUT2D eigenvalue weighted by Gasteiger charge is 2.13. The van der Waals surface area contributed by atoms with Crippen molar-refractivity contribution >= 4 is 67.8 Å². The Hall–Kier alpha value is -2.44. The number of hydrogen-bond acceptors (Lipinski definition) is 6. The molecule has 0 bridgehead atoms. The maximum absolute atomic E-state index is 12.4. The summed E-state index contributed by atoms with van der Waals surface area (Å²) < 4.78 is 2.60. The van der Waals surface area contributed by atoms with Crippen LogP contribution in [0.1, 0.15) is 21.7 Å². The normalized spacial score (nSPS) is 10.9. The molecule has 0 unspecified atom stereocenters. The van der Waals surface area contributed by atoms with E-state index in [1.807, 2.05) is 50.2 Å². The number of carbonyl (C=O) groups excluding carboxylic acids is 1. The summed E-state index contributed by atoms with van der Waals surface area (Å²) in [7, 11) is 0. The molecule has 0 fully saturated rings. The second-order valence-electron chi connectivity index (χ2n) is 6.27. The molecular weight excluding hydrogens is 519 g/mol. The van der Waals surface area contributed by atoms with Crippen LogP contribution in [0.25, 0.3) is 15.5 Å². The molecule has 146 valence electrons. The van der Waals surface area contributed by atoms with E-state index in [4.69, 9.17) is 12.2 Å². The Kier molecular flexibility index (Phi) is 5.56. The lowest BCUT2D eigenvalue weighted by atomic mass is 10.1. The van der Waals surface area contributed by atoms with Crippen LogP contribution in [0, 0.1) is 17.4 Å². The Morgan fingerprint density at radius 2 is 1.97 bits per heavy atom. The van der Waals surface area contributed by atoms with Gasteiger partial charge in [0, 0.05) is 14.8 Å². The smallest absolute Gasteiger partial charge is 0.258 e. The van der Waals surface area contributed by atoms with Crippen molar-refractivity contribution in [1.29, 1.82) is 0 Å². The highest BCUT2D eigenvalue weighted by molar-refractivity contribution is 14.1. The summed E-state index contributed by atoms with van der Waals surface area (Å²) in [5, 5.41) is 19.6. The Labute approximate surface area is 189 Å². The quantitative estimate of drug-likeness (QED) is 0.303. The van der Waals surface area contributed by atoms with Gasteiger partial charge in [0.15, 0.2) is 10.9 Å². The number of thiocarbonyl (C=S) groups is 1. The molecule has 1 amide bonds. The first kappa shape index (κ1) is 19.9. The molecule has 4 rings (SSSR count). The van der Waals surface area contributed by atoms with Gasteiger partial charge in [0.05, 0.1) is 5.56 Å². The fraction of sp³-hybridized carbons (Fsp3) is 0.105. The molecule has 29 heavy (non-hydrogen) atoms. The van der Waals surface area contributed by atoms with E-state index in [1.165, 1.54) is 11.3 Å². The average Bonchev–Trinajstić information content (AvgIpc) is 3.26. The number of aryl methyl sites for hydroxylation is 2. The van der Waals surface area contributed by atoms with Crippen molar-refractivity contribution in [1.82, 2.24) is 25.1 Å². The summed E-state index contributed by atoms with van der Waals surface area (Å²) >= 11 is 8.92. The van der Waals surface area contributed by atoms with Crippen molar-refractivity contribution < 1.29 is 4.79 Å². The Bertz CT molecular complexity index is 1250. The third-order valence-corrected chi connectivity index (χ3v) is 6.31. The molecule has 0 saturated heterocycles. The molecule has 0 radical (unpaired) electrons. The van der Waals surface area contributed by atoms with Crippen molar-refractivity contribution in [2.45, 2.75) is 13.8 Å². The third-order valence-electron chi connectivity index (χ3n) is 4.21. The highest BCUT2D eigenvalue weighted by Crippen LogP contribution is 2.28. The molecular formula is C19H15IN6OS2. The summed E-state index contributed by atoms with van der Waals surface area (Å²) in [6, 6.07) is 13.3. The number of rotatable bonds is 3. The molecule has 0 aliphatic heterocycles. The summed E-state index contributed by atoms with van der Waals surface area (Å²) in [6.45, 7) is 3.84. The van der Waals surface area contributed by atoms with Gasteiger partial charge in [0.25, 0.3) is 5.91 Å². The van der Waals surface area contributed by atoms with Crippen LogP contribution in [0.2, 0.25) is 0 Å². The van der Waals surface area contributed by atoms with Crippen molar-refractivity contribution in [3.05, 3.63) is 63.0 Å². The molecule has 0 atom stereocenters. The molecule has 10 heteroatoms. The predicted octanol–water partition coefficient (Wildman–Crippen LogP) is 4.20. The lowest BCUT2D eigenvalue weighted by Crippen LogP contribution is -2.34. The van der Waals surface area contributed by atoms with E-state index in [1.54, 1.807) is 10.6 Å². The fourth-order valence-electron chi connectivity index (χ4n) is 2.74. The molecule has 2 heterocycles. The Morgan fingerprint density at radius 3 is 2.69 bits per heavy atom. The standard InChI is InChI=1S/C19H15IN6OS2/c1-10-9-12(17-25-26-11(2)23-24-19(26)29-17)7-8-15(10)21-18(28)22-16(27)13-5-3-4-6-14(13)20/h3-9H,1-2H3,(H2,21,22,27,28). The Morgan fingerprint density at radius 1 is 1.17 bits per heavy atom. The van der Waals surface area contributed by atoms with Crippen molar-refractivity contribution in [3.8, 4) is 10.6 Å². The molecule has 4 aromatic rings. The van der Waals surface area contributed by atoms with E-state index in [0.29, 0.717) is 5.56 Å². The largest absolute Gasteiger partial charge is 0.332 e. The maximum atomic E-state index is 12.4. The SMILES string of the molecule is Cc1cc(-c2nn3c(C)nnc3s2)ccc1NC(=S)NC(=O)c1ccccc1I. The van der Waals surface area contributed by atoms with Crippen molar-refractivity contribution in [2.24, 2.45) is 0 Å². The topological polar surface area (TPSA) is 84.2 Å². The van der Waals surface area contributed by atoms with Gasteiger partial charge in [0.2, 0.25) is 4.96 Å². The number of halogens is 1. The van der Waals surface area contributed by atoms with Gasteiger partial charge in [-0.2, -0.15) is 9.61 Å². The lowest BCUT2D eigenvalue weighted by Gasteiger charge is -2.13. The molecule has 7 nitrogen and oxygen atoms in total. The maximum Gasteiger partial charge on any atom is 0.258 e. The van der Waals surface area contributed by atoms with Crippen LogP contribution in [0.15, 0.2) is 42.5 Å². The first-order chi connectivity index (χ1) is 13.9. The second kappa shape index (κ2) is 8.13. The van der Waals surface area contributed by atoms with Gasteiger partial charge in [-0.15, -0.1) is 10.2 Å². The number of nitrogens with zero attached hydrogens (tertiary/aromatic N) is 4. The molecule has 2 aromatic heterocycles. The number of nitrogens with one attached hydrogen (secondary N) is 2.